The van der Waals surface area contributed by atoms with Crippen LogP contribution in [-0.4, -0.2) is 45.6 Å². The SMILES string of the molecule is COc1ccc2c(c1)C(NC(=O)CN(c1cc(Cl)ccc1OC)S(=O)(=O)c1ccc(C)c([N+](=O)[O-])c1)CC(C)(C)O2. The molecule has 0 fully saturated rings. The van der Waals surface area contributed by atoms with Gasteiger partial charge in [-0.3, -0.25) is 19.2 Å². The van der Waals surface area contributed by atoms with E-state index in [1.807, 2.05) is 13.8 Å². The fourth-order valence-electron chi connectivity index (χ4n) is 4.69. The molecule has 3 aromatic rings. The summed E-state index contributed by atoms with van der Waals surface area (Å²) in [6.07, 6.45) is 0.399. The molecular weight excluding hydrogens is 574 g/mol. The molecule has 1 unspecified atom stereocenters. The number of halogens is 1. The van der Waals surface area contributed by atoms with E-state index in [0.29, 0.717) is 23.5 Å². The molecule has 3 aromatic carbocycles. The van der Waals surface area contributed by atoms with Crippen LogP contribution in [0, 0.1) is 17.0 Å². The van der Waals surface area contributed by atoms with E-state index in [4.69, 9.17) is 25.8 Å². The molecule has 1 aliphatic rings. The molecule has 11 nitrogen and oxygen atoms in total. The van der Waals surface area contributed by atoms with Crippen LogP contribution >= 0.6 is 11.6 Å². The van der Waals surface area contributed by atoms with E-state index >= 15 is 0 Å². The Morgan fingerprint density at radius 3 is 2.54 bits per heavy atom. The van der Waals surface area contributed by atoms with Gasteiger partial charge in [0.1, 0.15) is 29.4 Å². The molecule has 0 bridgehead atoms. The lowest BCUT2D eigenvalue weighted by Crippen LogP contribution is -2.45. The van der Waals surface area contributed by atoms with Crippen LogP contribution < -0.4 is 23.8 Å². The van der Waals surface area contributed by atoms with Crippen molar-refractivity contribution in [3.05, 3.63) is 80.9 Å². The fourth-order valence-corrected chi connectivity index (χ4v) is 6.30. The first-order valence-electron chi connectivity index (χ1n) is 12.5. The summed E-state index contributed by atoms with van der Waals surface area (Å²) in [5, 5.41) is 14.7. The lowest BCUT2D eigenvalue weighted by molar-refractivity contribution is -0.385. The Balaban J connectivity index is 1.76. The van der Waals surface area contributed by atoms with Crippen LogP contribution in [0.2, 0.25) is 5.02 Å². The van der Waals surface area contributed by atoms with Crippen LogP contribution in [0.4, 0.5) is 11.4 Å². The van der Waals surface area contributed by atoms with Gasteiger partial charge in [-0.05, 0) is 63.2 Å². The number of ether oxygens (including phenoxy) is 3. The van der Waals surface area contributed by atoms with Crippen LogP contribution in [0.15, 0.2) is 59.5 Å². The molecule has 1 aliphatic heterocycles. The topological polar surface area (TPSA) is 137 Å². The van der Waals surface area contributed by atoms with Gasteiger partial charge in [0, 0.05) is 28.6 Å². The number of aryl methyl sites for hydroxylation is 1. The smallest absolute Gasteiger partial charge is 0.273 e. The van der Waals surface area contributed by atoms with E-state index in [0.717, 1.165) is 10.4 Å². The second-order valence-corrected chi connectivity index (χ2v) is 12.4. The number of methoxy groups -OCH3 is 2. The average Bonchev–Trinajstić information content (AvgIpc) is 2.90. The zero-order chi connectivity index (χ0) is 30.1. The molecule has 0 radical (unpaired) electrons. The highest BCUT2D eigenvalue weighted by Crippen LogP contribution is 2.41. The van der Waals surface area contributed by atoms with Crippen molar-refractivity contribution in [1.82, 2.24) is 5.32 Å². The number of benzene rings is 3. The van der Waals surface area contributed by atoms with E-state index < -0.39 is 39.0 Å². The standard InChI is InChI=1S/C28H30ClN3O8S/c1-17-6-9-20(14-23(17)32(34)35)41(36,37)31(24-12-18(29)7-10-26(24)39-5)16-27(33)30-22-15-28(2,3)40-25-11-8-19(38-4)13-21(22)25/h6-14,22H,15-16H2,1-5H3,(H,30,33). The van der Waals surface area contributed by atoms with Crippen molar-refractivity contribution in [3.63, 3.8) is 0 Å². The Hall–Kier alpha value is -4.03. The molecular formula is C28H30ClN3O8S. The summed E-state index contributed by atoms with van der Waals surface area (Å²) in [5.74, 6) is 0.642. The maximum absolute atomic E-state index is 14.0. The zero-order valence-electron chi connectivity index (χ0n) is 23.1. The Bertz CT molecular complexity index is 1610. The quantitative estimate of drug-likeness (QED) is 0.261. The molecule has 0 aliphatic carbocycles. The maximum Gasteiger partial charge on any atom is 0.273 e. The number of anilines is 1. The molecule has 1 amide bonds. The fraction of sp³-hybridized carbons (Fsp3) is 0.321. The second-order valence-electron chi connectivity index (χ2n) is 10.1. The number of carbonyl (C=O) groups excluding carboxylic acids is 1. The molecule has 1 atom stereocenters. The van der Waals surface area contributed by atoms with Gasteiger partial charge < -0.3 is 19.5 Å². The molecule has 0 spiro atoms. The van der Waals surface area contributed by atoms with Crippen molar-refractivity contribution in [2.24, 2.45) is 0 Å². The molecule has 41 heavy (non-hydrogen) atoms. The van der Waals surface area contributed by atoms with Crippen molar-refractivity contribution < 1.29 is 32.3 Å². The van der Waals surface area contributed by atoms with Crippen LogP contribution in [0.25, 0.3) is 0 Å². The lowest BCUT2D eigenvalue weighted by Gasteiger charge is -2.38. The summed E-state index contributed by atoms with van der Waals surface area (Å²) in [6, 6.07) is 12.6. The van der Waals surface area contributed by atoms with Gasteiger partial charge in [-0.15, -0.1) is 0 Å². The van der Waals surface area contributed by atoms with Crippen molar-refractivity contribution in [3.8, 4) is 17.2 Å². The third-order valence-corrected chi connectivity index (χ3v) is 8.66. The molecule has 0 aromatic heterocycles. The Morgan fingerprint density at radius 1 is 1.15 bits per heavy atom. The number of amides is 1. The van der Waals surface area contributed by atoms with Gasteiger partial charge in [0.25, 0.3) is 15.7 Å². The minimum atomic E-state index is -4.52. The van der Waals surface area contributed by atoms with Gasteiger partial charge in [-0.2, -0.15) is 0 Å². The number of nitro groups is 1. The van der Waals surface area contributed by atoms with E-state index in [1.165, 1.54) is 51.5 Å². The number of carbonyl (C=O) groups is 1. The summed E-state index contributed by atoms with van der Waals surface area (Å²) in [6.45, 7) is 4.61. The van der Waals surface area contributed by atoms with Gasteiger partial charge in [-0.25, -0.2) is 8.42 Å². The number of nitrogens with zero attached hydrogens (tertiary/aromatic N) is 2. The second kappa shape index (κ2) is 11.5. The van der Waals surface area contributed by atoms with Gasteiger partial charge >= 0.3 is 0 Å². The number of fused-ring (bicyclic) bond motifs is 1. The number of hydrogen-bond donors (Lipinski definition) is 1. The summed E-state index contributed by atoms with van der Waals surface area (Å²) >= 11 is 6.22. The normalized spacial score (nSPS) is 15.7. The third-order valence-electron chi connectivity index (χ3n) is 6.67. The minimum absolute atomic E-state index is 0.00671. The van der Waals surface area contributed by atoms with E-state index in [2.05, 4.69) is 5.32 Å². The highest BCUT2D eigenvalue weighted by Gasteiger charge is 2.37. The van der Waals surface area contributed by atoms with E-state index in [-0.39, 0.29) is 32.6 Å². The van der Waals surface area contributed by atoms with Crippen molar-refractivity contribution in [2.75, 3.05) is 25.1 Å². The summed E-state index contributed by atoms with van der Waals surface area (Å²) in [5.41, 5.74) is -0.0329. The number of nitro benzene ring substituents is 1. The first-order valence-corrected chi connectivity index (χ1v) is 14.3. The van der Waals surface area contributed by atoms with Crippen LogP contribution in [0.1, 0.15) is 37.4 Å². The summed E-state index contributed by atoms with van der Waals surface area (Å²) in [4.78, 5) is 24.1. The van der Waals surface area contributed by atoms with Crippen LogP contribution in [-0.2, 0) is 14.8 Å². The number of rotatable bonds is 9. The molecule has 1 heterocycles. The highest BCUT2D eigenvalue weighted by molar-refractivity contribution is 7.92. The number of nitrogens with one attached hydrogen (secondary N) is 1. The van der Waals surface area contributed by atoms with Gasteiger partial charge in [-0.1, -0.05) is 17.7 Å². The Labute approximate surface area is 243 Å². The van der Waals surface area contributed by atoms with Gasteiger partial charge in [0.2, 0.25) is 5.91 Å². The minimum Gasteiger partial charge on any atom is -0.497 e. The van der Waals surface area contributed by atoms with Crippen molar-refractivity contribution in [2.45, 2.75) is 43.7 Å². The molecule has 0 saturated carbocycles. The monoisotopic (exact) mass is 603 g/mol. The number of sulfonamides is 1. The maximum atomic E-state index is 14.0. The molecule has 13 heteroatoms. The Kier molecular flexibility index (Phi) is 8.36. The largest absolute Gasteiger partial charge is 0.497 e. The van der Waals surface area contributed by atoms with Crippen molar-refractivity contribution >= 4 is 38.9 Å². The zero-order valence-corrected chi connectivity index (χ0v) is 24.7. The summed E-state index contributed by atoms with van der Waals surface area (Å²) < 4.78 is 45.6. The van der Waals surface area contributed by atoms with Crippen molar-refractivity contribution in [1.29, 1.82) is 0 Å². The average molecular weight is 604 g/mol. The van der Waals surface area contributed by atoms with Crippen LogP contribution in [0.5, 0.6) is 17.2 Å². The van der Waals surface area contributed by atoms with Crippen LogP contribution in [0.3, 0.4) is 0 Å². The third kappa shape index (κ3) is 6.33. The summed E-state index contributed by atoms with van der Waals surface area (Å²) in [7, 11) is -1.64. The Morgan fingerprint density at radius 2 is 1.88 bits per heavy atom. The van der Waals surface area contributed by atoms with Gasteiger partial charge in [0.15, 0.2) is 0 Å². The molecule has 218 valence electrons. The first-order chi connectivity index (χ1) is 19.3. The predicted molar refractivity (Wildman–Crippen MR) is 154 cm³/mol. The molecule has 4 rings (SSSR count). The molecule has 1 N–H and O–H groups in total. The molecule has 0 saturated heterocycles. The van der Waals surface area contributed by atoms with E-state index in [9.17, 15) is 23.3 Å². The first kappa shape index (κ1) is 29.9. The predicted octanol–water partition coefficient (Wildman–Crippen LogP) is 5.19. The number of hydrogen-bond acceptors (Lipinski definition) is 8. The van der Waals surface area contributed by atoms with E-state index in [1.54, 1.807) is 18.2 Å². The highest BCUT2D eigenvalue weighted by atomic mass is 35.5. The van der Waals surface area contributed by atoms with Gasteiger partial charge in [0.05, 0.1) is 35.8 Å². The lowest BCUT2D eigenvalue weighted by atomic mass is 9.89.